The van der Waals surface area contributed by atoms with Crippen molar-refractivity contribution in [2.24, 2.45) is 5.92 Å². The second-order valence-corrected chi connectivity index (χ2v) is 6.97. The Morgan fingerprint density at radius 1 is 1.44 bits per heavy atom. The van der Waals surface area contributed by atoms with Crippen LogP contribution >= 0.6 is 0 Å². The molecule has 1 aromatic carbocycles. The molecular weight excluding hydrogens is 312 g/mol. The van der Waals surface area contributed by atoms with Crippen LogP contribution < -0.4 is 4.74 Å². The van der Waals surface area contributed by atoms with E-state index in [4.69, 9.17) is 4.74 Å². The molecule has 0 saturated carbocycles. The van der Waals surface area contributed by atoms with E-state index in [0.29, 0.717) is 12.3 Å². The summed E-state index contributed by atoms with van der Waals surface area (Å²) in [6.07, 6.45) is 6.58. The maximum absolute atomic E-state index is 12.1. The average Bonchev–Trinajstić information content (AvgIpc) is 2.64. The van der Waals surface area contributed by atoms with E-state index in [-0.39, 0.29) is 5.91 Å². The van der Waals surface area contributed by atoms with Crippen molar-refractivity contribution in [1.82, 2.24) is 9.80 Å². The van der Waals surface area contributed by atoms with Gasteiger partial charge in [-0.15, -0.1) is 6.58 Å². The maximum atomic E-state index is 12.1. The van der Waals surface area contributed by atoms with Gasteiger partial charge in [-0.3, -0.25) is 4.79 Å². The Morgan fingerprint density at radius 2 is 2.24 bits per heavy atom. The number of carbonyl (C=O) groups is 1. The van der Waals surface area contributed by atoms with E-state index >= 15 is 0 Å². The monoisotopic (exact) mass is 344 g/mol. The smallest absolute Gasteiger partial charge is 0.222 e. The Balaban J connectivity index is 1.80. The van der Waals surface area contributed by atoms with E-state index in [1.165, 1.54) is 18.4 Å². The quantitative estimate of drug-likeness (QED) is 0.644. The lowest BCUT2D eigenvalue weighted by Gasteiger charge is -2.34. The Hall–Kier alpha value is -1.81. The van der Waals surface area contributed by atoms with Gasteiger partial charge in [0.15, 0.2) is 0 Å². The van der Waals surface area contributed by atoms with Gasteiger partial charge in [-0.1, -0.05) is 24.3 Å². The fourth-order valence-corrected chi connectivity index (χ4v) is 3.60. The van der Waals surface area contributed by atoms with Gasteiger partial charge >= 0.3 is 0 Å². The number of rotatable bonds is 9. The van der Waals surface area contributed by atoms with Gasteiger partial charge in [0, 0.05) is 33.1 Å². The second kappa shape index (κ2) is 10.2. The van der Waals surface area contributed by atoms with Crippen molar-refractivity contribution in [3.63, 3.8) is 0 Å². The fourth-order valence-electron chi connectivity index (χ4n) is 3.60. The highest BCUT2D eigenvalue weighted by Gasteiger charge is 2.22. The summed E-state index contributed by atoms with van der Waals surface area (Å²) in [5, 5.41) is 0. The van der Waals surface area contributed by atoms with Crippen molar-refractivity contribution in [1.29, 1.82) is 0 Å². The molecule has 25 heavy (non-hydrogen) atoms. The molecule has 0 aliphatic carbocycles. The molecule has 1 aliphatic heterocycles. The third kappa shape index (κ3) is 6.20. The van der Waals surface area contributed by atoms with E-state index in [2.05, 4.69) is 23.6 Å². The molecule has 1 amide bonds. The van der Waals surface area contributed by atoms with Crippen molar-refractivity contribution in [2.45, 2.75) is 32.1 Å². The molecule has 138 valence electrons. The van der Waals surface area contributed by atoms with Gasteiger partial charge in [-0.2, -0.15) is 0 Å². The molecule has 4 heteroatoms. The van der Waals surface area contributed by atoms with Crippen molar-refractivity contribution in [3.05, 3.63) is 42.5 Å². The van der Waals surface area contributed by atoms with Crippen LogP contribution in [0.2, 0.25) is 0 Å². The number of para-hydroxylation sites is 1. The number of piperidine rings is 1. The lowest BCUT2D eigenvalue weighted by atomic mass is 9.97. The van der Waals surface area contributed by atoms with Gasteiger partial charge < -0.3 is 14.5 Å². The van der Waals surface area contributed by atoms with Crippen LogP contribution in [0.25, 0.3) is 0 Å². The van der Waals surface area contributed by atoms with E-state index in [1.807, 2.05) is 30.2 Å². The lowest BCUT2D eigenvalue weighted by Crippen LogP contribution is -2.42. The zero-order valence-electron chi connectivity index (χ0n) is 15.7. The minimum absolute atomic E-state index is 0.228. The van der Waals surface area contributed by atoms with E-state index in [9.17, 15) is 4.79 Å². The molecule has 1 aromatic rings. The van der Waals surface area contributed by atoms with E-state index < -0.39 is 0 Å². The van der Waals surface area contributed by atoms with Crippen LogP contribution in [-0.4, -0.2) is 56.0 Å². The summed E-state index contributed by atoms with van der Waals surface area (Å²) in [5.41, 5.74) is 1.27. The van der Waals surface area contributed by atoms with Gasteiger partial charge in [0.05, 0.1) is 7.11 Å². The minimum Gasteiger partial charge on any atom is -0.496 e. The number of ether oxygens (including phenoxy) is 1. The first-order chi connectivity index (χ1) is 12.1. The molecule has 2 rings (SSSR count). The average molecular weight is 344 g/mol. The number of hydrogen-bond acceptors (Lipinski definition) is 3. The van der Waals surface area contributed by atoms with E-state index in [1.54, 1.807) is 7.11 Å². The first-order valence-electron chi connectivity index (χ1n) is 9.33. The number of benzene rings is 1. The van der Waals surface area contributed by atoms with Gasteiger partial charge in [-0.05, 0) is 49.8 Å². The summed E-state index contributed by atoms with van der Waals surface area (Å²) in [6.45, 7) is 7.83. The lowest BCUT2D eigenvalue weighted by molar-refractivity contribution is -0.130. The highest BCUT2D eigenvalue weighted by atomic mass is 16.5. The molecule has 0 aromatic heterocycles. The Kier molecular flexibility index (Phi) is 7.99. The van der Waals surface area contributed by atoms with Crippen molar-refractivity contribution >= 4 is 5.91 Å². The number of methoxy groups -OCH3 is 1. The van der Waals surface area contributed by atoms with Crippen LogP contribution in [0, 0.1) is 5.92 Å². The van der Waals surface area contributed by atoms with Crippen molar-refractivity contribution < 1.29 is 9.53 Å². The van der Waals surface area contributed by atoms with Gasteiger partial charge in [0.2, 0.25) is 5.91 Å². The highest BCUT2D eigenvalue weighted by Crippen LogP contribution is 2.21. The molecule has 1 saturated heterocycles. The van der Waals surface area contributed by atoms with E-state index in [0.717, 1.165) is 44.8 Å². The number of nitrogens with zero attached hydrogens (tertiary/aromatic N) is 2. The third-order valence-electron chi connectivity index (χ3n) is 5.01. The van der Waals surface area contributed by atoms with Crippen molar-refractivity contribution in [3.8, 4) is 5.75 Å². The van der Waals surface area contributed by atoms with Crippen molar-refractivity contribution in [2.75, 3.05) is 40.3 Å². The molecule has 0 radical (unpaired) electrons. The zero-order chi connectivity index (χ0) is 18.1. The maximum Gasteiger partial charge on any atom is 0.222 e. The van der Waals surface area contributed by atoms with Gasteiger partial charge in [-0.25, -0.2) is 0 Å². The molecule has 1 heterocycles. The standard InChI is InChI=1S/C21H32N2O2/c1-4-5-12-21(24)22(2)16-18-9-8-14-23(17-18)15-13-19-10-6-7-11-20(19)25-3/h4,6-7,10-11,18H,1,5,8-9,12-17H2,2-3H3/t18-/m1/s1. The second-order valence-electron chi connectivity index (χ2n) is 6.97. The zero-order valence-corrected chi connectivity index (χ0v) is 15.7. The Labute approximate surface area is 152 Å². The van der Waals surface area contributed by atoms with Crippen LogP contribution in [0.3, 0.4) is 0 Å². The van der Waals surface area contributed by atoms with Crippen LogP contribution in [-0.2, 0) is 11.2 Å². The van der Waals surface area contributed by atoms with Gasteiger partial charge in [0.1, 0.15) is 5.75 Å². The number of carbonyl (C=O) groups excluding carboxylic acids is 1. The topological polar surface area (TPSA) is 32.8 Å². The molecule has 1 aliphatic rings. The molecule has 0 unspecified atom stereocenters. The molecular formula is C21H32N2O2. The molecule has 0 bridgehead atoms. The minimum atomic E-state index is 0.228. The molecule has 1 fully saturated rings. The number of hydrogen-bond donors (Lipinski definition) is 0. The fraction of sp³-hybridized carbons (Fsp3) is 0.571. The number of likely N-dealkylation sites (tertiary alicyclic amines) is 1. The largest absolute Gasteiger partial charge is 0.496 e. The normalized spacial score (nSPS) is 17.9. The first kappa shape index (κ1) is 19.5. The molecule has 0 N–H and O–H groups in total. The summed E-state index contributed by atoms with van der Waals surface area (Å²) in [7, 11) is 3.66. The molecule has 4 nitrogen and oxygen atoms in total. The number of allylic oxidation sites excluding steroid dienone is 1. The first-order valence-corrected chi connectivity index (χ1v) is 9.33. The Morgan fingerprint density at radius 3 is 3.00 bits per heavy atom. The predicted molar refractivity (Wildman–Crippen MR) is 103 cm³/mol. The van der Waals surface area contributed by atoms with Crippen LogP contribution in [0.5, 0.6) is 5.75 Å². The summed E-state index contributed by atoms with van der Waals surface area (Å²) in [6, 6.07) is 8.25. The summed E-state index contributed by atoms with van der Waals surface area (Å²) in [4.78, 5) is 16.5. The van der Waals surface area contributed by atoms with Gasteiger partial charge in [0.25, 0.3) is 0 Å². The Bertz CT molecular complexity index is 559. The molecule has 1 atom stereocenters. The third-order valence-corrected chi connectivity index (χ3v) is 5.01. The van der Waals surface area contributed by atoms with Crippen LogP contribution in [0.1, 0.15) is 31.2 Å². The summed E-state index contributed by atoms with van der Waals surface area (Å²) >= 11 is 0. The predicted octanol–water partition coefficient (Wildman–Crippen LogP) is 3.37. The van der Waals surface area contributed by atoms with Crippen LogP contribution in [0.15, 0.2) is 36.9 Å². The summed E-state index contributed by atoms with van der Waals surface area (Å²) in [5.74, 6) is 1.78. The SMILES string of the molecule is C=CCCC(=O)N(C)C[C@H]1CCCN(CCc2ccccc2OC)C1. The highest BCUT2D eigenvalue weighted by molar-refractivity contribution is 5.75. The molecule has 0 spiro atoms. The van der Waals surface area contributed by atoms with Crippen LogP contribution in [0.4, 0.5) is 0 Å². The summed E-state index contributed by atoms with van der Waals surface area (Å²) < 4.78 is 5.45. The number of amides is 1.